The minimum atomic E-state index is -0.492. The fraction of sp³-hybridized carbons (Fsp3) is 0.286. The van der Waals surface area contributed by atoms with Gasteiger partial charge in [0.25, 0.3) is 5.91 Å². The Balaban J connectivity index is 1.56. The van der Waals surface area contributed by atoms with Gasteiger partial charge in [-0.15, -0.1) is 0 Å². The lowest BCUT2D eigenvalue weighted by molar-refractivity contribution is -0.120. The molecule has 0 radical (unpaired) electrons. The molecule has 3 rings (SSSR count). The maximum Gasteiger partial charge on any atom is 0.322 e. The number of carbonyl (C=O) groups excluding carboxylic acids is 2. The number of hydrogen-bond donors (Lipinski definition) is 3. The molecule has 1 atom stereocenters. The third-order valence-electron chi connectivity index (χ3n) is 3.31. The van der Waals surface area contributed by atoms with E-state index >= 15 is 0 Å². The van der Waals surface area contributed by atoms with E-state index in [2.05, 4.69) is 25.8 Å². The largest absolute Gasteiger partial charge is 0.326 e. The summed E-state index contributed by atoms with van der Waals surface area (Å²) in [5, 5.41) is 11.8. The quantitative estimate of drug-likeness (QED) is 0.698. The number of rotatable bonds is 5. The molecule has 1 saturated heterocycles. The Morgan fingerprint density at radius 3 is 2.67 bits per heavy atom. The molecule has 1 aromatic carbocycles. The van der Waals surface area contributed by atoms with Crippen molar-refractivity contribution in [1.82, 2.24) is 25.8 Å². The Morgan fingerprint density at radius 1 is 1.14 bits per heavy atom. The van der Waals surface area contributed by atoms with Crippen LogP contribution in [0.3, 0.4) is 0 Å². The van der Waals surface area contributed by atoms with Gasteiger partial charge < -0.3 is 5.32 Å². The molecule has 2 aromatic rings. The highest BCUT2D eigenvalue weighted by Gasteiger charge is 2.29. The summed E-state index contributed by atoms with van der Waals surface area (Å²) in [6.07, 6.45) is 1.71. The average Bonchev–Trinajstić information content (AvgIpc) is 3.04. The Hall–Kier alpha value is -2.70. The van der Waals surface area contributed by atoms with E-state index in [-0.39, 0.29) is 5.91 Å². The van der Waals surface area contributed by atoms with Crippen molar-refractivity contribution in [3.63, 3.8) is 0 Å². The highest BCUT2D eigenvalue weighted by Crippen LogP contribution is 2.07. The number of aryl methyl sites for hydroxylation is 1. The van der Waals surface area contributed by atoms with E-state index in [1.165, 1.54) is 0 Å². The first-order valence-electron chi connectivity index (χ1n) is 6.76. The molecule has 7 heteroatoms. The Kier molecular flexibility index (Phi) is 3.63. The van der Waals surface area contributed by atoms with Crippen LogP contribution in [0, 0.1) is 0 Å². The number of nitrogens with zero attached hydrogens (tertiary/aromatic N) is 2. The van der Waals surface area contributed by atoms with Crippen molar-refractivity contribution in [2.75, 3.05) is 0 Å². The summed E-state index contributed by atoms with van der Waals surface area (Å²) < 4.78 is 0. The van der Waals surface area contributed by atoms with Gasteiger partial charge in [0.05, 0.1) is 0 Å². The molecule has 1 aliphatic heterocycles. The molecule has 1 aromatic heterocycles. The molecule has 0 aliphatic carbocycles. The lowest BCUT2D eigenvalue weighted by Crippen LogP contribution is -2.29. The third kappa shape index (κ3) is 3.25. The van der Waals surface area contributed by atoms with Gasteiger partial charge in [0.2, 0.25) is 0 Å². The van der Waals surface area contributed by atoms with E-state index in [1.54, 1.807) is 0 Å². The van der Waals surface area contributed by atoms with Gasteiger partial charge in [-0.1, -0.05) is 30.3 Å². The highest BCUT2D eigenvalue weighted by atomic mass is 16.2. The fourth-order valence-electron chi connectivity index (χ4n) is 2.25. The van der Waals surface area contributed by atoms with Crippen LogP contribution in [0.4, 0.5) is 4.79 Å². The smallest absolute Gasteiger partial charge is 0.322 e. The van der Waals surface area contributed by atoms with Crippen LogP contribution in [0.25, 0.3) is 0 Å². The molecule has 3 amide bonds. The first kappa shape index (κ1) is 13.3. The maximum absolute atomic E-state index is 11.4. The molecular weight excluding hydrogens is 270 g/mol. The monoisotopic (exact) mass is 285 g/mol. The van der Waals surface area contributed by atoms with Crippen LogP contribution in [-0.4, -0.2) is 33.2 Å². The Labute approximate surface area is 121 Å². The van der Waals surface area contributed by atoms with Crippen molar-refractivity contribution < 1.29 is 9.59 Å². The van der Waals surface area contributed by atoms with Crippen LogP contribution in [-0.2, 0) is 17.6 Å². The zero-order chi connectivity index (χ0) is 14.7. The predicted molar refractivity (Wildman–Crippen MR) is 74.4 cm³/mol. The molecule has 1 unspecified atom stereocenters. The van der Waals surface area contributed by atoms with Crippen molar-refractivity contribution in [2.45, 2.75) is 25.3 Å². The van der Waals surface area contributed by atoms with E-state index in [4.69, 9.17) is 0 Å². The van der Waals surface area contributed by atoms with Crippen LogP contribution in [0.2, 0.25) is 0 Å². The second kappa shape index (κ2) is 5.74. The average molecular weight is 285 g/mol. The standard InChI is InChI=1S/C14H15N5O2/c20-13-10(15-14(21)17-13)6-7-11-16-12(19-18-11)8-9-4-2-1-3-5-9/h1-5,10H,6-8H2,(H,16,18,19)(H2,15,17,20,21). The number of carbonyl (C=O) groups is 2. The topological polar surface area (TPSA) is 99.8 Å². The van der Waals surface area contributed by atoms with Crippen LogP contribution in [0.1, 0.15) is 23.6 Å². The fourth-order valence-corrected chi connectivity index (χ4v) is 2.25. The minimum Gasteiger partial charge on any atom is -0.326 e. The van der Waals surface area contributed by atoms with E-state index in [9.17, 15) is 9.59 Å². The summed E-state index contributed by atoms with van der Waals surface area (Å²) >= 11 is 0. The molecule has 2 heterocycles. The molecule has 3 N–H and O–H groups in total. The Bertz CT molecular complexity index is 652. The predicted octanol–water partition coefficient (Wildman–Crippen LogP) is 0.536. The van der Waals surface area contributed by atoms with E-state index in [0.717, 1.165) is 11.4 Å². The van der Waals surface area contributed by atoms with Gasteiger partial charge >= 0.3 is 6.03 Å². The maximum atomic E-state index is 11.4. The minimum absolute atomic E-state index is 0.292. The first-order valence-corrected chi connectivity index (χ1v) is 6.76. The number of imide groups is 1. The van der Waals surface area contributed by atoms with Gasteiger partial charge in [-0.25, -0.2) is 9.78 Å². The lowest BCUT2D eigenvalue weighted by Gasteiger charge is -2.03. The summed E-state index contributed by atoms with van der Waals surface area (Å²) in [6, 6.07) is 9.05. The van der Waals surface area contributed by atoms with E-state index in [0.29, 0.717) is 25.1 Å². The van der Waals surface area contributed by atoms with Gasteiger partial charge in [0, 0.05) is 12.8 Å². The number of aromatic amines is 1. The molecule has 1 aliphatic rings. The number of H-pyrrole nitrogens is 1. The summed E-state index contributed by atoms with van der Waals surface area (Å²) in [4.78, 5) is 26.8. The van der Waals surface area contributed by atoms with Gasteiger partial charge in [0.1, 0.15) is 11.9 Å². The molecule has 7 nitrogen and oxygen atoms in total. The number of benzene rings is 1. The van der Waals surface area contributed by atoms with Crippen LogP contribution in [0.5, 0.6) is 0 Å². The summed E-state index contributed by atoms with van der Waals surface area (Å²) in [5.41, 5.74) is 1.16. The van der Waals surface area contributed by atoms with Crippen LogP contribution >= 0.6 is 0 Å². The summed E-state index contributed by atoms with van der Waals surface area (Å²) in [7, 11) is 0. The number of hydrogen-bond acceptors (Lipinski definition) is 4. The lowest BCUT2D eigenvalue weighted by atomic mass is 10.1. The molecule has 0 spiro atoms. The SMILES string of the molecule is O=C1NC(=O)C(CCc2n[nH]c(Cc3ccccc3)n2)N1. The number of amides is 3. The first-order chi connectivity index (χ1) is 10.2. The van der Waals surface area contributed by atoms with Gasteiger partial charge in [-0.05, 0) is 12.0 Å². The van der Waals surface area contributed by atoms with Crippen molar-refractivity contribution in [1.29, 1.82) is 0 Å². The number of nitrogens with one attached hydrogen (secondary N) is 3. The Morgan fingerprint density at radius 2 is 1.95 bits per heavy atom. The van der Waals surface area contributed by atoms with E-state index < -0.39 is 12.1 Å². The zero-order valence-electron chi connectivity index (χ0n) is 11.3. The van der Waals surface area contributed by atoms with Gasteiger partial charge in [-0.3, -0.25) is 15.2 Å². The highest BCUT2D eigenvalue weighted by molar-refractivity contribution is 6.04. The summed E-state index contributed by atoms with van der Waals surface area (Å²) in [5.74, 6) is 1.14. The molecule has 0 saturated carbocycles. The molecule has 21 heavy (non-hydrogen) atoms. The van der Waals surface area contributed by atoms with Crippen LogP contribution < -0.4 is 10.6 Å². The third-order valence-corrected chi connectivity index (χ3v) is 3.31. The van der Waals surface area contributed by atoms with Crippen molar-refractivity contribution in [2.24, 2.45) is 0 Å². The van der Waals surface area contributed by atoms with Crippen molar-refractivity contribution >= 4 is 11.9 Å². The zero-order valence-corrected chi connectivity index (χ0v) is 11.3. The molecule has 108 valence electrons. The number of urea groups is 1. The molecular formula is C14H15N5O2. The molecule has 0 bridgehead atoms. The van der Waals surface area contributed by atoms with Gasteiger partial charge in [-0.2, -0.15) is 5.10 Å². The second-order valence-corrected chi connectivity index (χ2v) is 4.91. The normalized spacial score (nSPS) is 17.6. The summed E-state index contributed by atoms with van der Waals surface area (Å²) in [6.45, 7) is 0. The van der Waals surface area contributed by atoms with E-state index in [1.807, 2.05) is 30.3 Å². The van der Waals surface area contributed by atoms with Crippen molar-refractivity contribution in [3.8, 4) is 0 Å². The van der Waals surface area contributed by atoms with Crippen molar-refractivity contribution in [3.05, 3.63) is 47.5 Å². The number of aromatic nitrogens is 3. The van der Waals surface area contributed by atoms with Gasteiger partial charge in [0.15, 0.2) is 5.82 Å². The second-order valence-electron chi connectivity index (χ2n) is 4.91. The molecule has 1 fully saturated rings. The van der Waals surface area contributed by atoms with Crippen LogP contribution in [0.15, 0.2) is 30.3 Å².